The minimum Gasteiger partial charge on any atom is -0.463 e. The van der Waals surface area contributed by atoms with Gasteiger partial charge in [-0.3, -0.25) is 24.0 Å². The number of aromatic nitrogens is 2. The Bertz CT molecular complexity index is 1440. The van der Waals surface area contributed by atoms with Gasteiger partial charge in [-0.2, -0.15) is 5.10 Å². The van der Waals surface area contributed by atoms with E-state index >= 15 is 0 Å². The highest BCUT2D eigenvalue weighted by atomic mass is 16.7. The first kappa shape index (κ1) is 25.1. The highest BCUT2D eigenvalue weighted by Crippen LogP contribution is 2.39. The fourth-order valence-electron chi connectivity index (χ4n) is 4.70. The van der Waals surface area contributed by atoms with Gasteiger partial charge in [-0.1, -0.05) is 24.3 Å². The Morgan fingerprint density at radius 3 is 2.03 bits per heavy atom. The molecule has 0 unspecified atom stereocenters. The molecule has 0 aliphatic carbocycles. The number of fused-ring (bicyclic) bond motifs is 2. The number of esters is 3. The molecule has 196 valence electrons. The highest BCUT2D eigenvalue weighted by molar-refractivity contribution is 6.35. The number of nitrogens with zero attached hydrogens (tertiary/aromatic N) is 3. The van der Waals surface area contributed by atoms with E-state index in [1.54, 1.807) is 48.5 Å². The Hall–Kier alpha value is -4.58. The number of anilines is 1. The van der Waals surface area contributed by atoms with Gasteiger partial charge in [-0.05, 0) is 24.3 Å². The third kappa shape index (κ3) is 4.28. The van der Waals surface area contributed by atoms with Gasteiger partial charge >= 0.3 is 17.9 Å². The fraction of sp³-hybridized carbons (Fsp3) is 0.308. The molecule has 2 aromatic carbocycles. The molecule has 38 heavy (non-hydrogen) atoms. The predicted octanol–water partition coefficient (Wildman–Crippen LogP) is 2.16. The second-order valence-corrected chi connectivity index (χ2v) is 8.79. The number of amides is 2. The predicted molar refractivity (Wildman–Crippen MR) is 129 cm³/mol. The van der Waals surface area contributed by atoms with E-state index in [4.69, 9.17) is 18.9 Å². The molecule has 1 aromatic heterocycles. The number of para-hydroxylation sites is 1. The van der Waals surface area contributed by atoms with Crippen LogP contribution in [0.5, 0.6) is 0 Å². The van der Waals surface area contributed by atoms with Gasteiger partial charge in [0, 0.05) is 26.2 Å². The van der Waals surface area contributed by atoms with Crippen LogP contribution >= 0.6 is 0 Å². The van der Waals surface area contributed by atoms with E-state index in [0.29, 0.717) is 10.9 Å². The summed E-state index contributed by atoms with van der Waals surface area (Å²) in [5.74, 6) is -2.93. The van der Waals surface area contributed by atoms with Gasteiger partial charge in [-0.15, -0.1) is 0 Å². The lowest BCUT2D eigenvalue weighted by Gasteiger charge is -2.23. The molecule has 2 aliphatic rings. The smallest absolute Gasteiger partial charge is 0.303 e. The first-order valence-electron chi connectivity index (χ1n) is 11.8. The summed E-state index contributed by atoms with van der Waals surface area (Å²) in [6, 6.07) is 13.3. The lowest BCUT2D eigenvalue weighted by molar-refractivity contribution is -0.166. The van der Waals surface area contributed by atoms with Crippen LogP contribution in [0.3, 0.4) is 0 Å². The fourth-order valence-corrected chi connectivity index (χ4v) is 4.70. The molecule has 0 N–H and O–H groups in total. The summed E-state index contributed by atoms with van der Waals surface area (Å²) in [7, 11) is 0. The number of hydrogen-bond acceptors (Lipinski definition) is 10. The van der Waals surface area contributed by atoms with E-state index in [9.17, 15) is 24.0 Å². The maximum absolute atomic E-state index is 13.2. The molecule has 1 saturated heterocycles. The van der Waals surface area contributed by atoms with Gasteiger partial charge in [0.15, 0.2) is 24.3 Å². The van der Waals surface area contributed by atoms with Gasteiger partial charge in [0.1, 0.15) is 12.7 Å². The molecular weight excluding hydrogens is 498 g/mol. The number of carbonyl (C=O) groups excluding carboxylic acids is 5. The zero-order valence-electron chi connectivity index (χ0n) is 20.7. The van der Waals surface area contributed by atoms with Crippen LogP contribution in [0.2, 0.25) is 0 Å². The second kappa shape index (κ2) is 9.71. The van der Waals surface area contributed by atoms with E-state index in [-0.39, 0.29) is 23.6 Å². The van der Waals surface area contributed by atoms with Crippen molar-refractivity contribution in [1.82, 2.24) is 9.78 Å². The average Bonchev–Trinajstić information content (AvgIpc) is 3.48. The summed E-state index contributed by atoms with van der Waals surface area (Å²) in [5, 5.41) is 5.03. The number of ether oxygens (including phenoxy) is 4. The first-order chi connectivity index (χ1) is 18.2. The van der Waals surface area contributed by atoms with E-state index in [2.05, 4.69) is 5.10 Å². The lowest BCUT2D eigenvalue weighted by atomic mass is 10.1. The van der Waals surface area contributed by atoms with Crippen LogP contribution in [0.1, 0.15) is 47.7 Å². The minimum absolute atomic E-state index is 0.0597. The summed E-state index contributed by atoms with van der Waals surface area (Å²) < 4.78 is 23.5. The monoisotopic (exact) mass is 521 g/mol. The van der Waals surface area contributed by atoms with Crippen molar-refractivity contribution in [3.8, 4) is 0 Å². The molecular formula is C26H23N3O9. The minimum atomic E-state index is -1.18. The molecule has 4 atom stereocenters. The highest BCUT2D eigenvalue weighted by Gasteiger charge is 2.52. The molecule has 3 heterocycles. The third-order valence-electron chi connectivity index (χ3n) is 6.18. The molecule has 1 fully saturated rings. The maximum atomic E-state index is 13.2. The Balaban J connectivity index is 1.61. The van der Waals surface area contributed by atoms with Gasteiger partial charge < -0.3 is 18.9 Å². The van der Waals surface area contributed by atoms with Gasteiger partial charge in [0.05, 0.1) is 16.6 Å². The van der Waals surface area contributed by atoms with Crippen LogP contribution in [0, 0.1) is 0 Å². The van der Waals surface area contributed by atoms with Gasteiger partial charge in [0.25, 0.3) is 11.8 Å². The Morgan fingerprint density at radius 2 is 1.42 bits per heavy atom. The topological polar surface area (TPSA) is 143 Å². The van der Waals surface area contributed by atoms with Crippen molar-refractivity contribution in [1.29, 1.82) is 0 Å². The molecule has 2 amide bonds. The molecule has 0 bridgehead atoms. The van der Waals surface area contributed by atoms with Crippen molar-refractivity contribution >= 4 is 46.4 Å². The lowest BCUT2D eigenvalue weighted by Crippen LogP contribution is -2.40. The Kier molecular flexibility index (Phi) is 6.41. The summed E-state index contributed by atoms with van der Waals surface area (Å²) >= 11 is 0. The number of hydrogen-bond donors (Lipinski definition) is 0. The van der Waals surface area contributed by atoms with Crippen molar-refractivity contribution in [2.24, 2.45) is 0 Å². The van der Waals surface area contributed by atoms with Crippen LogP contribution in [-0.2, 0) is 33.3 Å². The summed E-state index contributed by atoms with van der Waals surface area (Å²) in [5.41, 5.74) is 0.959. The van der Waals surface area contributed by atoms with Crippen LogP contribution in [0.4, 0.5) is 5.82 Å². The van der Waals surface area contributed by atoms with Gasteiger partial charge in [0.2, 0.25) is 0 Å². The van der Waals surface area contributed by atoms with Gasteiger partial charge in [-0.25, -0.2) is 9.58 Å². The largest absolute Gasteiger partial charge is 0.463 e. The number of imide groups is 1. The van der Waals surface area contributed by atoms with Crippen molar-refractivity contribution in [3.63, 3.8) is 0 Å². The van der Waals surface area contributed by atoms with Crippen LogP contribution in [0.25, 0.3) is 10.9 Å². The second-order valence-electron chi connectivity index (χ2n) is 8.79. The van der Waals surface area contributed by atoms with E-state index in [1.807, 2.05) is 0 Å². The molecule has 12 heteroatoms. The van der Waals surface area contributed by atoms with Crippen LogP contribution in [0.15, 0.2) is 48.5 Å². The van der Waals surface area contributed by atoms with E-state index in [0.717, 1.165) is 4.90 Å². The van der Waals surface area contributed by atoms with Crippen LogP contribution < -0.4 is 4.90 Å². The average molecular weight is 521 g/mol. The van der Waals surface area contributed by atoms with Crippen molar-refractivity contribution < 1.29 is 42.9 Å². The zero-order valence-corrected chi connectivity index (χ0v) is 20.7. The molecule has 2 aliphatic heterocycles. The standard InChI is InChI=1S/C26H23N3O9/c1-13(30)35-12-20-21(36-14(2)31)22(37-15(3)32)26(38-20)29-19-11-7-6-10-18(19)23(27-29)28-24(33)16-8-4-5-9-17(16)25(28)34/h4-11,20-22,26H,12H2,1-3H3/t20-,21+,22+,26-/m0/s1. The van der Waals surface area contributed by atoms with Crippen molar-refractivity contribution in [2.45, 2.75) is 45.3 Å². The number of rotatable bonds is 6. The summed E-state index contributed by atoms with van der Waals surface area (Å²) in [6.07, 6.45) is -4.47. The molecule has 5 rings (SSSR count). The van der Waals surface area contributed by atoms with Crippen molar-refractivity contribution in [3.05, 3.63) is 59.7 Å². The molecule has 3 aromatic rings. The normalized spacial score (nSPS) is 22.4. The molecule has 0 radical (unpaired) electrons. The zero-order chi connectivity index (χ0) is 27.1. The maximum Gasteiger partial charge on any atom is 0.303 e. The quantitative estimate of drug-likeness (QED) is 0.269. The number of benzene rings is 2. The summed E-state index contributed by atoms with van der Waals surface area (Å²) in [4.78, 5) is 62.8. The SMILES string of the molecule is CC(=O)OC[C@@H]1O[C@H](n2nc(N3C(=O)c4ccccc4C3=O)c3ccccc32)[C@H](OC(C)=O)[C@@H]1OC(C)=O. The number of carbonyl (C=O) groups is 5. The molecule has 0 spiro atoms. The van der Waals surface area contributed by atoms with E-state index in [1.165, 1.54) is 25.5 Å². The first-order valence-corrected chi connectivity index (χ1v) is 11.8. The van der Waals surface area contributed by atoms with Crippen molar-refractivity contribution in [2.75, 3.05) is 11.5 Å². The Morgan fingerprint density at radius 1 is 0.842 bits per heavy atom. The van der Waals surface area contributed by atoms with Crippen LogP contribution in [-0.4, -0.2) is 64.4 Å². The Labute approximate surface area is 216 Å². The third-order valence-corrected chi connectivity index (χ3v) is 6.18. The van der Waals surface area contributed by atoms with E-state index < -0.39 is 54.3 Å². The molecule has 0 saturated carbocycles. The molecule has 12 nitrogen and oxygen atoms in total. The summed E-state index contributed by atoms with van der Waals surface area (Å²) in [6.45, 7) is 3.30.